The van der Waals surface area contributed by atoms with Crippen molar-refractivity contribution in [3.63, 3.8) is 0 Å². The Kier molecular flexibility index (Phi) is 2.82. The van der Waals surface area contributed by atoms with Crippen LogP contribution in [0, 0.1) is 17.0 Å². The predicted octanol–water partition coefficient (Wildman–Crippen LogP) is 3.87. The highest BCUT2D eigenvalue weighted by Gasteiger charge is 2.17. The molecule has 0 saturated carbocycles. The zero-order valence-corrected chi connectivity index (χ0v) is 10.5. The number of pyridine rings is 1. The van der Waals surface area contributed by atoms with Gasteiger partial charge in [-0.15, -0.1) is 0 Å². The number of nitro groups is 1. The van der Waals surface area contributed by atoms with Crippen molar-refractivity contribution in [3.05, 3.63) is 43.5 Å². The topological polar surface area (TPSA) is 56.0 Å². The highest BCUT2D eigenvalue weighted by Crippen LogP contribution is 2.33. The lowest BCUT2D eigenvalue weighted by molar-refractivity contribution is -0.385. The third kappa shape index (κ3) is 1.76. The van der Waals surface area contributed by atoms with E-state index in [9.17, 15) is 10.1 Å². The zero-order valence-electron chi connectivity index (χ0n) is 8.20. The molecule has 1 heterocycles. The van der Waals surface area contributed by atoms with Gasteiger partial charge in [0.2, 0.25) is 0 Å². The molecule has 0 aliphatic carbocycles. The number of halogens is 2. The fourth-order valence-electron chi connectivity index (χ4n) is 1.49. The van der Waals surface area contributed by atoms with Crippen LogP contribution in [0.3, 0.4) is 0 Å². The van der Waals surface area contributed by atoms with Crippen LogP contribution in [0.2, 0.25) is 5.15 Å². The number of rotatable bonds is 1. The third-order valence-corrected chi connectivity index (χ3v) is 3.54. The summed E-state index contributed by atoms with van der Waals surface area (Å²) in [6.45, 7) is 1.69. The smallest absolute Gasteiger partial charge is 0.258 e. The normalized spacial score (nSPS) is 10.7. The Hall–Kier alpha value is -1.20. The van der Waals surface area contributed by atoms with Crippen molar-refractivity contribution in [1.29, 1.82) is 0 Å². The maximum atomic E-state index is 10.8. The van der Waals surface area contributed by atoms with Crippen molar-refractivity contribution in [1.82, 2.24) is 4.98 Å². The number of nitrogens with zero attached hydrogens (tertiary/aromatic N) is 2. The molecule has 0 radical (unpaired) electrons. The molecule has 1 aromatic carbocycles. The van der Waals surface area contributed by atoms with E-state index in [1.165, 1.54) is 6.07 Å². The first-order valence-corrected chi connectivity index (χ1v) is 5.57. The summed E-state index contributed by atoms with van der Waals surface area (Å²) in [5.74, 6) is 0. The van der Waals surface area contributed by atoms with Gasteiger partial charge < -0.3 is 0 Å². The Balaban J connectivity index is 2.88. The molecule has 0 saturated heterocycles. The van der Waals surface area contributed by atoms with E-state index in [2.05, 4.69) is 20.9 Å². The summed E-state index contributed by atoms with van der Waals surface area (Å²) in [4.78, 5) is 14.4. The lowest BCUT2D eigenvalue weighted by Crippen LogP contribution is -1.94. The van der Waals surface area contributed by atoms with Crippen LogP contribution in [-0.2, 0) is 0 Å². The number of aromatic nitrogens is 1. The molecule has 4 nitrogen and oxygen atoms in total. The molecule has 0 spiro atoms. The van der Waals surface area contributed by atoms with Crippen LogP contribution in [-0.4, -0.2) is 9.91 Å². The second kappa shape index (κ2) is 3.99. The Morgan fingerprint density at radius 1 is 1.50 bits per heavy atom. The number of hydrogen-bond acceptors (Lipinski definition) is 3. The minimum Gasteiger partial charge on any atom is -0.258 e. The minimum absolute atomic E-state index is 0.0362. The molecule has 0 bridgehead atoms. The Morgan fingerprint density at radius 3 is 2.81 bits per heavy atom. The van der Waals surface area contributed by atoms with Gasteiger partial charge in [0.05, 0.1) is 10.4 Å². The Labute approximate surface area is 105 Å². The largest absolute Gasteiger partial charge is 0.275 e. The fraction of sp³-hybridized carbons (Fsp3) is 0.100. The first-order chi connectivity index (χ1) is 7.50. The van der Waals surface area contributed by atoms with Crippen molar-refractivity contribution < 1.29 is 4.92 Å². The van der Waals surface area contributed by atoms with E-state index in [-0.39, 0.29) is 5.69 Å². The van der Waals surface area contributed by atoms with E-state index >= 15 is 0 Å². The number of nitro benzene ring substituents is 1. The summed E-state index contributed by atoms with van der Waals surface area (Å²) >= 11 is 9.08. The fourth-order valence-corrected chi connectivity index (χ4v) is 2.18. The van der Waals surface area contributed by atoms with E-state index in [1.54, 1.807) is 19.1 Å². The molecular formula is C10H6BrClN2O2. The molecule has 0 unspecified atom stereocenters. The highest BCUT2D eigenvalue weighted by molar-refractivity contribution is 9.10. The average molecular weight is 302 g/mol. The summed E-state index contributed by atoms with van der Waals surface area (Å²) in [7, 11) is 0. The number of hydrogen-bond donors (Lipinski definition) is 0. The quantitative estimate of drug-likeness (QED) is 0.456. The van der Waals surface area contributed by atoms with Crippen molar-refractivity contribution >= 4 is 44.1 Å². The molecule has 0 fully saturated rings. The monoisotopic (exact) mass is 300 g/mol. The lowest BCUT2D eigenvalue weighted by atomic mass is 10.1. The average Bonchev–Trinajstić information content (AvgIpc) is 2.22. The molecule has 82 valence electrons. The van der Waals surface area contributed by atoms with Gasteiger partial charge in [0, 0.05) is 21.5 Å². The van der Waals surface area contributed by atoms with E-state index in [1.807, 2.05) is 0 Å². The third-order valence-electron chi connectivity index (χ3n) is 2.31. The molecule has 6 heteroatoms. The molecule has 0 atom stereocenters. The SMILES string of the molecule is Cc1c([N+](=O)[O-])cc2nc(Cl)ccc2c1Br. The van der Waals surface area contributed by atoms with E-state index < -0.39 is 4.92 Å². The molecule has 2 aromatic rings. The maximum absolute atomic E-state index is 10.8. The second-order valence-electron chi connectivity index (χ2n) is 3.29. The van der Waals surface area contributed by atoms with Crippen LogP contribution < -0.4 is 0 Å². The van der Waals surface area contributed by atoms with Gasteiger partial charge in [-0.25, -0.2) is 4.98 Å². The van der Waals surface area contributed by atoms with E-state index in [4.69, 9.17) is 11.6 Å². The van der Waals surface area contributed by atoms with Crippen LogP contribution in [0.4, 0.5) is 5.69 Å². The molecule has 1 aromatic heterocycles. The van der Waals surface area contributed by atoms with Crippen LogP contribution in [0.1, 0.15) is 5.56 Å². The first-order valence-electron chi connectivity index (χ1n) is 4.40. The van der Waals surface area contributed by atoms with Crippen molar-refractivity contribution in [2.24, 2.45) is 0 Å². The van der Waals surface area contributed by atoms with Crippen LogP contribution in [0.25, 0.3) is 10.9 Å². The summed E-state index contributed by atoms with van der Waals surface area (Å²) in [5, 5.41) is 12.0. The lowest BCUT2D eigenvalue weighted by Gasteiger charge is -2.05. The van der Waals surface area contributed by atoms with Gasteiger partial charge in [-0.3, -0.25) is 10.1 Å². The molecule has 0 amide bonds. The van der Waals surface area contributed by atoms with Crippen molar-refractivity contribution in [3.8, 4) is 0 Å². The predicted molar refractivity (Wildman–Crippen MR) is 65.8 cm³/mol. The zero-order chi connectivity index (χ0) is 11.9. The van der Waals surface area contributed by atoms with Gasteiger partial charge in [0.15, 0.2) is 0 Å². The maximum Gasteiger partial charge on any atom is 0.275 e. The first kappa shape index (κ1) is 11.3. The Morgan fingerprint density at radius 2 is 2.19 bits per heavy atom. The standard InChI is InChI=1S/C10H6BrClN2O2/c1-5-8(14(15)16)4-7-6(10(5)11)2-3-9(12)13-7/h2-4H,1H3. The summed E-state index contributed by atoms with van der Waals surface area (Å²) in [6.07, 6.45) is 0. The number of benzene rings is 1. The second-order valence-corrected chi connectivity index (χ2v) is 4.47. The van der Waals surface area contributed by atoms with E-state index in [0.717, 1.165) is 5.39 Å². The van der Waals surface area contributed by atoms with Gasteiger partial charge >= 0.3 is 0 Å². The van der Waals surface area contributed by atoms with E-state index in [0.29, 0.717) is 20.7 Å². The molecular weight excluding hydrogens is 295 g/mol. The van der Waals surface area contributed by atoms with Gasteiger partial charge in [0.25, 0.3) is 5.69 Å². The van der Waals surface area contributed by atoms with Gasteiger partial charge in [0.1, 0.15) is 5.15 Å². The van der Waals surface area contributed by atoms with Gasteiger partial charge in [-0.2, -0.15) is 0 Å². The summed E-state index contributed by atoms with van der Waals surface area (Å²) in [5.41, 5.74) is 1.13. The summed E-state index contributed by atoms with van der Waals surface area (Å²) < 4.78 is 0.681. The van der Waals surface area contributed by atoms with Gasteiger partial charge in [-0.1, -0.05) is 11.6 Å². The number of fused-ring (bicyclic) bond motifs is 1. The van der Waals surface area contributed by atoms with Crippen LogP contribution >= 0.6 is 27.5 Å². The molecule has 2 rings (SSSR count). The van der Waals surface area contributed by atoms with Crippen LogP contribution in [0.5, 0.6) is 0 Å². The van der Waals surface area contributed by atoms with Gasteiger partial charge in [-0.05, 0) is 35.0 Å². The van der Waals surface area contributed by atoms with Crippen LogP contribution in [0.15, 0.2) is 22.7 Å². The summed E-state index contributed by atoms with van der Waals surface area (Å²) in [6, 6.07) is 4.87. The molecule has 0 aliphatic heterocycles. The minimum atomic E-state index is -0.428. The van der Waals surface area contributed by atoms with Crippen molar-refractivity contribution in [2.75, 3.05) is 0 Å². The Bertz CT molecular complexity index is 601. The molecule has 16 heavy (non-hydrogen) atoms. The highest BCUT2D eigenvalue weighted by atomic mass is 79.9. The molecule has 0 N–H and O–H groups in total. The molecule has 0 aliphatic rings. The van der Waals surface area contributed by atoms with Crippen molar-refractivity contribution in [2.45, 2.75) is 6.92 Å².